The van der Waals surface area contributed by atoms with Crippen LogP contribution in [0.15, 0.2) is 28.8 Å². The van der Waals surface area contributed by atoms with Gasteiger partial charge in [-0.1, -0.05) is 18.2 Å². The van der Waals surface area contributed by atoms with E-state index in [0.717, 1.165) is 6.21 Å². The van der Waals surface area contributed by atoms with Crippen LogP contribution in [0.3, 0.4) is 0 Å². The topological polar surface area (TPSA) is 12.4 Å². The third-order valence-corrected chi connectivity index (χ3v) is 2.68. The first-order valence-electron chi connectivity index (χ1n) is 5.56. The van der Waals surface area contributed by atoms with Crippen LogP contribution in [-0.4, -0.2) is 6.21 Å². The molecule has 0 atom stereocenters. The summed E-state index contributed by atoms with van der Waals surface area (Å²) in [7, 11) is 0. The van der Waals surface area contributed by atoms with Gasteiger partial charge in [0, 0.05) is 6.21 Å². The molecule has 0 aromatic heterocycles. The average molecular weight is 309 g/mol. The third-order valence-electron chi connectivity index (χ3n) is 2.68. The molecule has 1 aromatic rings. The molecule has 112 valence electrons. The van der Waals surface area contributed by atoms with E-state index in [1.165, 1.54) is 6.08 Å². The maximum Gasteiger partial charge on any atom is 0.422 e. The molecular formula is C13H6F7N. The van der Waals surface area contributed by atoms with Crippen molar-refractivity contribution < 1.29 is 30.7 Å². The molecule has 1 aliphatic rings. The van der Waals surface area contributed by atoms with Crippen LogP contribution >= 0.6 is 0 Å². The number of benzene rings is 1. The van der Waals surface area contributed by atoms with Gasteiger partial charge < -0.3 is 0 Å². The molecule has 21 heavy (non-hydrogen) atoms. The number of alkyl halides is 3. The summed E-state index contributed by atoms with van der Waals surface area (Å²) < 4.78 is 90.6. The van der Waals surface area contributed by atoms with Crippen LogP contribution in [0.2, 0.25) is 0 Å². The molecule has 0 N–H and O–H groups in total. The van der Waals surface area contributed by atoms with Gasteiger partial charge in [-0.05, 0) is 12.0 Å². The summed E-state index contributed by atoms with van der Waals surface area (Å²) in [6.07, 6.45) is 0.571. The summed E-state index contributed by atoms with van der Waals surface area (Å²) in [5.74, 6) is -9.42. The maximum absolute atomic E-state index is 13.5. The molecule has 1 aromatic carbocycles. The van der Waals surface area contributed by atoms with Crippen LogP contribution in [0, 0.1) is 23.3 Å². The van der Waals surface area contributed by atoms with Crippen LogP contribution in [0.4, 0.5) is 36.4 Å². The second-order valence-corrected chi connectivity index (χ2v) is 4.11. The molecule has 0 heterocycles. The number of halogens is 7. The molecule has 0 saturated heterocycles. The smallest absolute Gasteiger partial charge is 0.250 e. The number of hydrogen-bond acceptors (Lipinski definition) is 1. The summed E-state index contributed by atoms with van der Waals surface area (Å²) in [5, 5.41) is 0. The van der Waals surface area contributed by atoms with E-state index in [4.69, 9.17) is 0 Å². The van der Waals surface area contributed by atoms with Crippen molar-refractivity contribution in [3.63, 3.8) is 0 Å². The molecule has 0 bridgehead atoms. The van der Waals surface area contributed by atoms with Gasteiger partial charge in [-0.15, -0.1) is 0 Å². The van der Waals surface area contributed by atoms with Gasteiger partial charge in [0.15, 0.2) is 23.3 Å². The van der Waals surface area contributed by atoms with Gasteiger partial charge in [0.2, 0.25) is 0 Å². The van der Waals surface area contributed by atoms with Crippen molar-refractivity contribution in [1.82, 2.24) is 0 Å². The molecule has 0 unspecified atom stereocenters. The molecule has 0 spiro atoms. The molecule has 0 aliphatic heterocycles. The van der Waals surface area contributed by atoms with Gasteiger partial charge in [0.1, 0.15) is 11.3 Å². The van der Waals surface area contributed by atoms with Crippen LogP contribution in [0.25, 0.3) is 0 Å². The zero-order chi connectivity index (χ0) is 15.8. The first kappa shape index (κ1) is 15.3. The van der Waals surface area contributed by atoms with Crippen molar-refractivity contribution in [3.05, 3.63) is 52.6 Å². The van der Waals surface area contributed by atoms with E-state index >= 15 is 0 Å². The fraction of sp³-hybridized carbons (Fsp3) is 0.154. The second kappa shape index (κ2) is 5.34. The maximum atomic E-state index is 13.5. The highest BCUT2D eigenvalue weighted by Gasteiger charge is 2.42. The quantitative estimate of drug-likeness (QED) is 0.421. The van der Waals surface area contributed by atoms with Crippen molar-refractivity contribution in [2.24, 2.45) is 4.99 Å². The average Bonchev–Trinajstić information content (AvgIpc) is 2.88. The van der Waals surface area contributed by atoms with Crippen molar-refractivity contribution in [1.29, 1.82) is 0 Å². The largest absolute Gasteiger partial charge is 0.422 e. The minimum Gasteiger partial charge on any atom is -0.250 e. The fourth-order valence-corrected chi connectivity index (χ4v) is 1.69. The van der Waals surface area contributed by atoms with Crippen LogP contribution in [0.5, 0.6) is 0 Å². The van der Waals surface area contributed by atoms with Crippen LogP contribution in [-0.2, 0) is 6.18 Å². The Morgan fingerprint density at radius 2 is 1.52 bits per heavy atom. The molecular weight excluding hydrogens is 303 g/mol. The lowest BCUT2D eigenvalue weighted by Gasteiger charge is -2.12. The Bertz CT molecular complexity index is 639. The van der Waals surface area contributed by atoms with Gasteiger partial charge in [-0.25, -0.2) is 17.6 Å². The summed E-state index contributed by atoms with van der Waals surface area (Å²) in [4.78, 5) is 3.20. The lowest BCUT2D eigenvalue weighted by molar-refractivity contribution is -0.143. The van der Waals surface area contributed by atoms with Crippen molar-refractivity contribution >= 4 is 11.9 Å². The number of aliphatic imine (C=N–C) groups is 1. The van der Waals surface area contributed by atoms with E-state index in [9.17, 15) is 30.7 Å². The fourth-order valence-electron chi connectivity index (χ4n) is 1.69. The number of hydrogen-bond donors (Lipinski definition) is 0. The summed E-state index contributed by atoms with van der Waals surface area (Å²) in [5.41, 5.74) is -3.57. The van der Waals surface area contributed by atoms with Crippen LogP contribution < -0.4 is 0 Å². The Balaban J connectivity index is 2.54. The van der Waals surface area contributed by atoms with Crippen molar-refractivity contribution in [3.8, 4) is 0 Å². The highest BCUT2D eigenvalue weighted by molar-refractivity contribution is 5.82. The third kappa shape index (κ3) is 2.84. The number of rotatable bonds is 2. The lowest BCUT2D eigenvalue weighted by atomic mass is 10.1. The first-order valence-corrected chi connectivity index (χ1v) is 5.56. The van der Waals surface area contributed by atoms with Gasteiger partial charge in [-0.3, -0.25) is 4.99 Å². The predicted molar refractivity (Wildman–Crippen MR) is 61.3 cm³/mol. The molecule has 0 saturated carbocycles. The van der Waals surface area contributed by atoms with E-state index in [-0.39, 0.29) is 0 Å². The Morgan fingerprint density at radius 1 is 0.952 bits per heavy atom. The van der Waals surface area contributed by atoms with E-state index in [0.29, 0.717) is 12.0 Å². The van der Waals surface area contributed by atoms with E-state index in [2.05, 4.69) is 4.99 Å². The lowest BCUT2D eigenvalue weighted by Crippen LogP contribution is -2.15. The van der Waals surface area contributed by atoms with Gasteiger partial charge in [0.05, 0.1) is 0 Å². The summed E-state index contributed by atoms with van der Waals surface area (Å²) in [6.45, 7) is 0. The zero-order valence-corrected chi connectivity index (χ0v) is 10.1. The molecule has 8 heteroatoms. The van der Waals surface area contributed by atoms with Crippen molar-refractivity contribution in [2.75, 3.05) is 0 Å². The monoisotopic (exact) mass is 309 g/mol. The summed E-state index contributed by atoms with van der Waals surface area (Å²) in [6, 6.07) is 0. The van der Waals surface area contributed by atoms with Crippen LogP contribution in [0.1, 0.15) is 12.0 Å². The first-order chi connectivity index (χ1) is 9.73. The molecule has 2 rings (SSSR count). The molecule has 1 nitrogen and oxygen atoms in total. The minimum absolute atomic E-state index is 0.387. The van der Waals surface area contributed by atoms with E-state index in [1.807, 2.05) is 0 Å². The number of nitrogens with zero attached hydrogens (tertiary/aromatic N) is 1. The SMILES string of the molecule is Fc1c(F)c(C(F)(F)F)c(F)c(F)c1N=CC1=CC=CC1. The highest BCUT2D eigenvalue weighted by Crippen LogP contribution is 2.39. The van der Waals surface area contributed by atoms with Crippen molar-refractivity contribution in [2.45, 2.75) is 12.6 Å². The zero-order valence-electron chi connectivity index (χ0n) is 10.1. The van der Waals surface area contributed by atoms with Gasteiger partial charge >= 0.3 is 6.18 Å². The molecule has 0 radical (unpaired) electrons. The van der Waals surface area contributed by atoms with E-state index in [1.54, 1.807) is 12.2 Å². The number of allylic oxidation sites excluding steroid dienone is 4. The molecule has 0 amide bonds. The highest BCUT2D eigenvalue weighted by atomic mass is 19.4. The predicted octanol–water partition coefficient (Wildman–Crippen LogP) is 4.85. The Morgan fingerprint density at radius 3 is 1.95 bits per heavy atom. The summed E-state index contributed by atoms with van der Waals surface area (Å²) >= 11 is 0. The molecule has 0 fully saturated rings. The van der Waals surface area contributed by atoms with Gasteiger partial charge in [-0.2, -0.15) is 13.2 Å². The Labute approximate surface area is 114 Å². The van der Waals surface area contributed by atoms with E-state index < -0.39 is 40.7 Å². The Kier molecular flexibility index (Phi) is 3.89. The second-order valence-electron chi connectivity index (χ2n) is 4.11. The van der Waals surface area contributed by atoms with Gasteiger partial charge in [0.25, 0.3) is 0 Å². The normalized spacial score (nSPS) is 15.1. The Hall–Kier alpha value is -2.12. The minimum atomic E-state index is -5.56. The molecule has 1 aliphatic carbocycles. The standard InChI is InChI=1S/C13H6F7N/c14-8-7(13(18,19)20)9(15)11(17)12(10(8)16)21-5-6-3-1-2-4-6/h1-3,5H,4H2.